The largest absolute Gasteiger partial charge is 0.392 e. The van der Waals surface area contributed by atoms with Crippen molar-refractivity contribution in [2.24, 2.45) is 0 Å². The second kappa shape index (κ2) is 4.29. The molecule has 5 heteroatoms. The van der Waals surface area contributed by atoms with Gasteiger partial charge in [0, 0.05) is 0 Å². The minimum absolute atomic E-state index is 0.0718. The topological polar surface area (TPSA) is 54.4 Å². The standard InChI is InChI=1S/C9H11ClO3S/c1-7(11)6-14(12,13)9-5-3-2-4-8(9)10/h2-5,7,11H,6H2,1H3/t7-/m0/s1. The van der Waals surface area contributed by atoms with E-state index in [4.69, 9.17) is 16.7 Å². The minimum Gasteiger partial charge on any atom is -0.392 e. The zero-order valence-electron chi connectivity index (χ0n) is 7.64. The van der Waals surface area contributed by atoms with Gasteiger partial charge in [-0.2, -0.15) is 0 Å². The molecule has 0 aromatic heterocycles. The Morgan fingerprint density at radius 1 is 1.43 bits per heavy atom. The summed E-state index contributed by atoms with van der Waals surface area (Å²) in [6, 6.07) is 6.20. The molecule has 1 aromatic carbocycles. The number of hydrogen-bond acceptors (Lipinski definition) is 3. The fourth-order valence-corrected chi connectivity index (χ4v) is 3.06. The molecule has 1 N–H and O–H groups in total. The molecule has 3 nitrogen and oxygen atoms in total. The second-order valence-electron chi connectivity index (χ2n) is 3.06. The summed E-state index contributed by atoms with van der Waals surface area (Å²) in [6.45, 7) is 1.42. The molecular formula is C9H11ClO3S. The quantitative estimate of drug-likeness (QED) is 0.862. The molecule has 1 aromatic rings. The van der Waals surface area contributed by atoms with Gasteiger partial charge in [0.05, 0.1) is 21.8 Å². The molecule has 78 valence electrons. The van der Waals surface area contributed by atoms with E-state index in [1.807, 2.05) is 0 Å². The van der Waals surface area contributed by atoms with E-state index < -0.39 is 15.9 Å². The highest BCUT2D eigenvalue weighted by Gasteiger charge is 2.19. The third-order valence-corrected chi connectivity index (χ3v) is 4.02. The van der Waals surface area contributed by atoms with Crippen molar-refractivity contribution in [2.75, 3.05) is 5.75 Å². The summed E-state index contributed by atoms with van der Waals surface area (Å²) >= 11 is 5.73. The van der Waals surface area contributed by atoms with Gasteiger partial charge in [-0.05, 0) is 19.1 Å². The number of sulfone groups is 1. The van der Waals surface area contributed by atoms with E-state index in [0.717, 1.165) is 0 Å². The number of aliphatic hydroxyl groups is 1. The first kappa shape index (κ1) is 11.5. The van der Waals surface area contributed by atoms with Crippen LogP contribution in [0.25, 0.3) is 0 Å². The van der Waals surface area contributed by atoms with Crippen molar-refractivity contribution in [1.29, 1.82) is 0 Å². The van der Waals surface area contributed by atoms with Crippen LogP contribution in [0, 0.1) is 0 Å². The molecule has 0 bridgehead atoms. The maximum absolute atomic E-state index is 11.6. The van der Waals surface area contributed by atoms with Gasteiger partial charge in [-0.15, -0.1) is 0 Å². The van der Waals surface area contributed by atoms with E-state index in [-0.39, 0.29) is 15.7 Å². The van der Waals surface area contributed by atoms with Gasteiger partial charge in [-0.25, -0.2) is 8.42 Å². The lowest BCUT2D eigenvalue weighted by Gasteiger charge is -2.07. The smallest absolute Gasteiger partial charge is 0.182 e. The number of halogens is 1. The monoisotopic (exact) mass is 234 g/mol. The van der Waals surface area contributed by atoms with Crippen LogP contribution < -0.4 is 0 Å². The summed E-state index contributed by atoms with van der Waals surface area (Å²) in [4.78, 5) is 0.0718. The van der Waals surface area contributed by atoms with Gasteiger partial charge in [-0.1, -0.05) is 23.7 Å². The third-order valence-electron chi connectivity index (χ3n) is 1.63. The number of benzene rings is 1. The highest BCUT2D eigenvalue weighted by molar-refractivity contribution is 7.91. The lowest BCUT2D eigenvalue weighted by molar-refractivity contribution is 0.218. The highest BCUT2D eigenvalue weighted by Crippen LogP contribution is 2.21. The highest BCUT2D eigenvalue weighted by atomic mass is 35.5. The van der Waals surface area contributed by atoms with E-state index in [9.17, 15) is 8.42 Å². The third kappa shape index (κ3) is 2.70. The number of rotatable bonds is 3. The molecule has 0 fully saturated rings. The van der Waals surface area contributed by atoms with Crippen LogP contribution in [0.15, 0.2) is 29.2 Å². The Morgan fingerprint density at radius 2 is 2.00 bits per heavy atom. The number of aliphatic hydroxyl groups excluding tert-OH is 1. The molecule has 14 heavy (non-hydrogen) atoms. The van der Waals surface area contributed by atoms with Crippen molar-refractivity contribution in [3.63, 3.8) is 0 Å². The Bertz CT molecular complexity index is 412. The Hall–Kier alpha value is -0.580. The predicted octanol–water partition coefficient (Wildman–Crippen LogP) is 1.49. The zero-order valence-corrected chi connectivity index (χ0v) is 9.22. The van der Waals surface area contributed by atoms with Crippen molar-refractivity contribution in [3.8, 4) is 0 Å². The predicted molar refractivity (Wildman–Crippen MR) is 55.2 cm³/mol. The molecule has 1 rings (SSSR count). The fourth-order valence-electron chi connectivity index (χ4n) is 1.10. The minimum atomic E-state index is -3.47. The average Bonchev–Trinajstić information content (AvgIpc) is 2.02. The van der Waals surface area contributed by atoms with Gasteiger partial charge >= 0.3 is 0 Å². The van der Waals surface area contributed by atoms with Crippen LogP contribution in [0.1, 0.15) is 6.92 Å². The van der Waals surface area contributed by atoms with E-state index in [1.54, 1.807) is 12.1 Å². The summed E-state index contributed by atoms with van der Waals surface area (Å²) in [5.41, 5.74) is 0. The van der Waals surface area contributed by atoms with Crippen LogP contribution in [-0.2, 0) is 9.84 Å². The Labute approximate surface area is 88.2 Å². The van der Waals surface area contributed by atoms with Gasteiger partial charge in [0.1, 0.15) is 0 Å². The Morgan fingerprint density at radius 3 is 2.50 bits per heavy atom. The first-order valence-electron chi connectivity index (χ1n) is 4.09. The molecule has 0 saturated carbocycles. The fraction of sp³-hybridized carbons (Fsp3) is 0.333. The van der Waals surface area contributed by atoms with Gasteiger partial charge in [-0.3, -0.25) is 0 Å². The average molecular weight is 235 g/mol. The first-order valence-corrected chi connectivity index (χ1v) is 6.12. The molecule has 0 spiro atoms. The molecule has 0 amide bonds. The van der Waals surface area contributed by atoms with Crippen LogP contribution in [0.2, 0.25) is 5.02 Å². The van der Waals surface area contributed by atoms with E-state index in [1.165, 1.54) is 19.1 Å². The molecular weight excluding hydrogens is 224 g/mol. The molecule has 1 atom stereocenters. The van der Waals surface area contributed by atoms with Crippen LogP contribution in [0.3, 0.4) is 0 Å². The van der Waals surface area contributed by atoms with Gasteiger partial charge in [0.25, 0.3) is 0 Å². The first-order chi connectivity index (χ1) is 6.43. The molecule has 0 aliphatic rings. The maximum Gasteiger partial charge on any atom is 0.182 e. The van der Waals surface area contributed by atoms with E-state index in [2.05, 4.69) is 0 Å². The molecule has 0 radical (unpaired) electrons. The van der Waals surface area contributed by atoms with Gasteiger partial charge in [0.2, 0.25) is 0 Å². The molecule has 0 aliphatic heterocycles. The zero-order chi connectivity index (χ0) is 10.8. The SMILES string of the molecule is C[C@H](O)CS(=O)(=O)c1ccccc1Cl. The Kier molecular flexibility index (Phi) is 3.53. The van der Waals surface area contributed by atoms with Crippen LogP contribution in [0.5, 0.6) is 0 Å². The van der Waals surface area contributed by atoms with Crippen LogP contribution in [-0.4, -0.2) is 25.4 Å². The van der Waals surface area contributed by atoms with Crippen LogP contribution >= 0.6 is 11.6 Å². The second-order valence-corrected chi connectivity index (χ2v) is 5.47. The molecule has 0 saturated heterocycles. The van der Waals surface area contributed by atoms with Crippen LogP contribution in [0.4, 0.5) is 0 Å². The normalized spacial score (nSPS) is 13.9. The van der Waals surface area contributed by atoms with Gasteiger partial charge < -0.3 is 5.11 Å². The lowest BCUT2D eigenvalue weighted by Crippen LogP contribution is -2.17. The number of hydrogen-bond donors (Lipinski definition) is 1. The van der Waals surface area contributed by atoms with Crippen molar-refractivity contribution in [1.82, 2.24) is 0 Å². The summed E-state index contributed by atoms with van der Waals surface area (Å²) in [7, 11) is -3.47. The molecule has 0 heterocycles. The lowest BCUT2D eigenvalue weighted by atomic mass is 10.4. The van der Waals surface area contributed by atoms with Gasteiger partial charge in [0.15, 0.2) is 9.84 Å². The maximum atomic E-state index is 11.6. The summed E-state index contributed by atoms with van der Waals surface area (Å²) in [6.07, 6.45) is -0.892. The van der Waals surface area contributed by atoms with Crippen molar-refractivity contribution in [2.45, 2.75) is 17.9 Å². The summed E-state index contributed by atoms with van der Waals surface area (Å²) in [5.74, 6) is -0.309. The Balaban J connectivity index is 3.11. The summed E-state index contributed by atoms with van der Waals surface area (Å²) in [5, 5.41) is 9.21. The van der Waals surface area contributed by atoms with Crippen molar-refractivity contribution < 1.29 is 13.5 Å². The van der Waals surface area contributed by atoms with E-state index >= 15 is 0 Å². The molecule has 0 unspecified atom stereocenters. The van der Waals surface area contributed by atoms with E-state index in [0.29, 0.717) is 0 Å². The van der Waals surface area contributed by atoms with Crippen molar-refractivity contribution in [3.05, 3.63) is 29.3 Å². The summed E-state index contributed by atoms with van der Waals surface area (Å²) < 4.78 is 23.2. The molecule has 0 aliphatic carbocycles. The van der Waals surface area contributed by atoms with Crippen molar-refractivity contribution >= 4 is 21.4 Å².